The molecular weight excluding hydrogens is 468 g/mol. The molecule has 1 aromatic carbocycles. The van der Waals surface area contributed by atoms with Crippen molar-refractivity contribution >= 4 is 22.2 Å². The topological polar surface area (TPSA) is 127 Å². The van der Waals surface area contributed by atoms with Crippen molar-refractivity contribution in [3.8, 4) is 45.4 Å². The predicted octanol–water partition coefficient (Wildman–Crippen LogP) is 4.46. The number of ether oxygens (including phenoxy) is 2. The van der Waals surface area contributed by atoms with E-state index in [1.807, 2.05) is 48.8 Å². The second kappa shape index (κ2) is 8.68. The van der Waals surface area contributed by atoms with Gasteiger partial charge in [-0.2, -0.15) is 5.10 Å². The van der Waals surface area contributed by atoms with Crippen molar-refractivity contribution < 1.29 is 9.47 Å². The fraction of sp³-hybridized carbons (Fsp3) is 0.148. The summed E-state index contributed by atoms with van der Waals surface area (Å²) in [6, 6.07) is 13.9. The zero-order chi connectivity index (χ0) is 24.8. The van der Waals surface area contributed by atoms with Crippen molar-refractivity contribution in [1.29, 1.82) is 0 Å². The van der Waals surface area contributed by atoms with Gasteiger partial charge in [0, 0.05) is 36.3 Å². The minimum atomic E-state index is 0.232. The minimum absolute atomic E-state index is 0.232. The Balaban J connectivity index is 1.30. The highest BCUT2D eigenvalue weighted by molar-refractivity contribution is 5.95. The Kier molecular flexibility index (Phi) is 5.03. The molecule has 0 unspecified atom stereocenters. The van der Waals surface area contributed by atoms with Crippen molar-refractivity contribution in [3.05, 3.63) is 66.6 Å². The fourth-order valence-electron chi connectivity index (χ4n) is 4.55. The molecule has 0 bridgehead atoms. The van der Waals surface area contributed by atoms with Crippen LogP contribution in [0.4, 0.5) is 0 Å². The molecular formula is C27H22N8O2. The Morgan fingerprint density at radius 1 is 0.973 bits per heavy atom. The number of hydrogen-bond donors (Lipinski definition) is 3. The van der Waals surface area contributed by atoms with Gasteiger partial charge in [0.15, 0.2) is 28.7 Å². The molecule has 0 atom stereocenters. The van der Waals surface area contributed by atoms with E-state index in [-0.39, 0.29) is 6.79 Å². The van der Waals surface area contributed by atoms with Crippen LogP contribution >= 0.6 is 0 Å². The Morgan fingerprint density at radius 3 is 2.86 bits per heavy atom. The summed E-state index contributed by atoms with van der Waals surface area (Å²) >= 11 is 0. The highest BCUT2D eigenvalue weighted by atomic mass is 16.7. The molecule has 10 nitrogen and oxygen atoms in total. The van der Waals surface area contributed by atoms with Crippen LogP contribution in [0.5, 0.6) is 11.5 Å². The van der Waals surface area contributed by atoms with Gasteiger partial charge in [-0.3, -0.25) is 10.1 Å². The first-order chi connectivity index (χ1) is 18.3. The van der Waals surface area contributed by atoms with E-state index in [0.29, 0.717) is 17.2 Å². The van der Waals surface area contributed by atoms with Gasteiger partial charge in [0.05, 0.1) is 16.7 Å². The SMILES string of the molecule is CCNCc1cncc(-c2ccc3[nH]nc(-c4nc5nccc(-c6ccc7c(c6)OCO7)c5[nH]4)c3n2)c1. The molecule has 0 radical (unpaired) electrons. The number of hydrogen-bond acceptors (Lipinski definition) is 8. The number of imidazole rings is 1. The third-order valence-corrected chi connectivity index (χ3v) is 6.38. The molecule has 5 aromatic heterocycles. The summed E-state index contributed by atoms with van der Waals surface area (Å²) in [7, 11) is 0. The second-order valence-electron chi connectivity index (χ2n) is 8.74. The maximum atomic E-state index is 5.57. The molecule has 0 saturated carbocycles. The molecule has 1 aliphatic rings. The zero-order valence-electron chi connectivity index (χ0n) is 19.9. The van der Waals surface area contributed by atoms with Gasteiger partial charge in [0.25, 0.3) is 0 Å². The van der Waals surface area contributed by atoms with E-state index in [2.05, 4.69) is 43.5 Å². The van der Waals surface area contributed by atoms with Crippen LogP contribution in [0.25, 0.3) is 56.1 Å². The number of H-pyrrole nitrogens is 2. The molecule has 7 rings (SSSR count). The van der Waals surface area contributed by atoms with Gasteiger partial charge in [-0.15, -0.1) is 0 Å². The monoisotopic (exact) mass is 490 g/mol. The molecule has 0 amide bonds. The molecule has 10 heteroatoms. The summed E-state index contributed by atoms with van der Waals surface area (Å²) < 4.78 is 11.0. The van der Waals surface area contributed by atoms with Crippen molar-refractivity contribution in [1.82, 2.24) is 40.4 Å². The van der Waals surface area contributed by atoms with Gasteiger partial charge in [0.2, 0.25) is 6.79 Å². The number of benzene rings is 1. The maximum Gasteiger partial charge on any atom is 0.231 e. The van der Waals surface area contributed by atoms with Gasteiger partial charge in [-0.25, -0.2) is 15.0 Å². The Morgan fingerprint density at radius 2 is 1.92 bits per heavy atom. The molecule has 0 fully saturated rings. The van der Waals surface area contributed by atoms with Gasteiger partial charge >= 0.3 is 0 Å². The number of aromatic nitrogens is 7. The van der Waals surface area contributed by atoms with Gasteiger partial charge in [0.1, 0.15) is 5.52 Å². The van der Waals surface area contributed by atoms with Crippen LogP contribution in [-0.2, 0) is 6.54 Å². The average molecular weight is 491 g/mol. The number of rotatable bonds is 6. The van der Waals surface area contributed by atoms with Crippen molar-refractivity contribution in [2.75, 3.05) is 13.3 Å². The minimum Gasteiger partial charge on any atom is -0.454 e. The number of nitrogens with one attached hydrogen (secondary N) is 3. The first-order valence-corrected chi connectivity index (χ1v) is 12.0. The highest BCUT2D eigenvalue weighted by Gasteiger charge is 2.19. The van der Waals surface area contributed by atoms with Crippen LogP contribution in [0.2, 0.25) is 0 Å². The number of pyridine rings is 3. The summed E-state index contributed by atoms with van der Waals surface area (Å²) in [5.41, 5.74) is 8.37. The Hall–Kier alpha value is -4.83. The molecule has 6 heterocycles. The third-order valence-electron chi connectivity index (χ3n) is 6.38. The summed E-state index contributed by atoms with van der Waals surface area (Å²) in [6.45, 7) is 3.97. The highest BCUT2D eigenvalue weighted by Crippen LogP contribution is 2.38. The van der Waals surface area contributed by atoms with E-state index in [9.17, 15) is 0 Å². The fourth-order valence-corrected chi connectivity index (χ4v) is 4.55. The lowest BCUT2D eigenvalue weighted by atomic mass is 10.1. The van der Waals surface area contributed by atoms with Crippen LogP contribution in [0, 0.1) is 0 Å². The summed E-state index contributed by atoms with van der Waals surface area (Å²) in [5.74, 6) is 2.05. The lowest BCUT2D eigenvalue weighted by Gasteiger charge is -2.05. The van der Waals surface area contributed by atoms with E-state index >= 15 is 0 Å². The maximum absolute atomic E-state index is 5.57. The average Bonchev–Trinajstić information content (AvgIpc) is 3.68. The standard InChI is InChI=1S/C27H22N8O2/c1-2-28-11-15-9-17(13-29-12-15)19-4-5-20-24(31-19)25(35-34-20)27-32-23-18(7-8-30-26(23)33-27)16-3-6-21-22(10-16)37-14-36-21/h3-10,12-13,28H,2,11,14H2,1H3,(H,34,35)(H,30,32,33). The summed E-state index contributed by atoms with van der Waals surface area (Å²) in [4.78, 5) is 22.0. The van der Waals surface area contributed by atoms with E-state index in [1.54, 1.807) is 6.20 Å². The largest absolute Gasteiger partial charge is 0.454 e. The molecule has 37 heavy (non-hydrogen) atoms. The van der Waals surface area contributed by atoms with Crippen LogP contribution < -0.4 is 14.8 Å². The van der Waals surface area contributed by atoms with Crippen LogP contribution in [0.1, 0.15) is 12.5 Å². The van der Waals surface area contributed by atoms with Gasteiger partial charge in [-0.1, -0.05) is 13.0 Å². The zero-order valence-corrected chi connectivity index (χ0v) is 19.9. The van der Waals surface area contributed by atoms with Crippen molar-refractivity contribution in [2.24, 2.45) is 0 Å². The van der Waals surface area contributed by atoms with Gasteiger partial charge in [-0.05, 0) is 54.1 Å². The Bertz CT molecular complexity index is 1770. The first-order valence-electron chi connectivity index (χ1n) is 12.0. The van der Waals surface area contributed by atoms with E-state index in [0.717, 1.165) is 69.1 Å². The second-order valence-corrected chi connectivity index (χ2v) is 8.74. The van der Waals surface area contributed by atoms with Crippen LogP contribution in [0.3, 0.4) is 0 Å². The van der Waals surface area contributed by atoms with Crippen molar-refractivity contribution in [2.45, 2.75) is 13.5 Å². The van der Waals surface area contributed by atoms with Crippen LogP contribution in [0.15, 0.2) is 61.1 Å². The number of fused-ring (bicyclic) bond motifs is 3. The smallest absolute Gasteiger partial charge is 0.231 e. The summed E-state index contributed by atoms with van der Waals surface area (Å²) in [5, 5.41) is 10.9. The van der Waals surface area contributed by atoms with E-state index in [1.165, 1.54) is 0 Å². The lowest BCUT2D eigenvalue weighted by Crippen LogP contribution is -2.11. The molecule has 3 N–H and O–H groups in total. The quantitative estimate of drug-likeness (QED) is 0.312. The molecule has 6 aromatic rings. The van der Waals surface area contributed by atoms with Crippen molar-refractivity contribution in [3.63, 3.8) is 0 Å². The van der Waals surface area contributed by atoms with E-state index < -0.39 is 0 Å². The number of nitrogens with zero attached hydrogens (tertiary/aromatic N) is 5. The predicted molar refractivity (Wildman–Crippen MR) is 139 cm³/mol. The molecule has 182 valence electrons. The Labute approximate surface area is 211 Å². The lowest BCUT2D eigenvalue weighted by molar-refractivity contribution is 0.174. The molecule has 1 aliphatic heterocycles. The molecule has 0 aliphatic carbocycles. The van der Waals surface area contributed by atoms with E-state index in [4.69, 9.17) is 19.4 Å². The van der Waals surface area contributed by atoms with Gasteiger partial charge < -0.3 is 19.8 Å². The molecule has 0 saturated heterocycles. The summed E-state index contributed by atoms with van der Waals surface area (Å²) in [6.07, 6.45) is 5.44. The number of aromatic amines is 2. The first kappa shape index (κ1) is 21.5. The normalized spacial score (nSPS) is 12.6. The van der Waals surface area contributed by atoms with Crippen LogP contribution in [-0.4, -0.2) is 48.5 Å². The third kappa shape index (κ3) is 3.74. The molecule has 0 spiro atoms.